The van der Waals surface area contributed by atoms with Crippen molar-refractivity contribution in [3.63, 3.8) is 0 Å². The highest BCUT2D eigenvalue weighted by Crippen LogP contribution is 2.16. The van der Waals surface area contributed by atoms with Crippen molar-refractivity contribution in [3.8, 4) is 0 Å². The van der Waals surface area contributed by atoms with Crippen molar-refractivity contribution in [2.45, 2.75) is 46.7 Å². The van der Waals surface area contributed by atoms with Crippen LogP contribution in [-0.4, -0.2) is 43.8 Å². The number of rotatable bonds is 7. The minimum Gasteiger partial charge on any atom is -0.370 e. The van der Waals surface area contributed by atoms with Gasteiger partial charge in [0.1, 0.15) is 5.52 Å². The van der Waals surface area contributed by atoms with E-state index in [9.17, 15) is 9.59 Å². The smallest absolute Gasteiger partial charge is 0.255 e. The van der Waals surface area contributed by atoms with Gasteiger partial charge in [-0.25, -0.2) is 9.97 Å². The van der Waals surface area contributed by atoms with Crippen molar-refractivity contribution >= 4 is 23.0 Å². The molecule has 2 aromatic heterocycles. The third-order valence-corrected chi connectivity index (χ3v) is 3.75. The number of hydrogen-bond acceptors (Lipinski definition) is 4. The number of carbonyl (C=O) groups is 2. The standard InChI is InChI=1S/C17H25N5O2/c1-11(2)9-21-10-20-14-7-13(8-19-16(14)21)17(24)22(12(3)4)6-5-15(18)23/h7-8,10-12H,5-6,9H2,1-4H3,(H2,18,23). The molecule has 0 saturated carbocycles. The Labute approximate surface area is 141 Å². The lowest BCUT2D eigenvalue weighted by Gasteiger charge is -2.26. The molecule has 2 amide bonds. The molecule has 2 rings (SSSR count). The molecule has 2 aromatic rings. The topological polar surface area (TPSA) is 94.1 Å². The van der Waals surface area contributed by atoms with Gasteiger partial charge in [-0.3, -0.25) is 9.59 Å². The molecule has 130 valence electrons. The molecule has 0 fully saturated rings. The van der Waals surface area contributed by atoms with Gasteiger partial charge in [-0.2, -0.15) is 0 Å². The average molecular weight is 331 g/mol. The zero-order chi connectivity index (χ0) is 17.9. The molecule has 0 atom stereocenters. The van der Waals surface area contributed by atoms with E-state index in [1.54, 1.807) is 23.5 Å². The minimum atomic E-state index is -0.422. The van der Waals surface area contributed by atoms with E-state index in [0.29, 0.717) is 23.5 Å². The molecule has 0 bridgehead atoms. The number of hydrogen-bond donors (Lipinski definition) is 1. The molecule has 0 aliphatic rings. The van der Waals surface area contributed by atoms with Gasteiger partial charge in [0, 0.05) is 31.7 Å². The van der Waals surface area contributed by atoms with E-state index >= 15 is 0 Å². The number of imidazole rings is 1. The number of pyridine rings is 1. The molecule has 0 unspecified atom stereocenters. The number of fused-ring (bicyclic) bond motifs is 1. The summed E-state index contributed by atoms with van der Waals surface area (Å²) in [5.74, 6) is -0.107. The van der Waals surface area contributed by atoms with Crippen LogP contribution in [0, 0.1) is 5.92 Å². The fraction of sp³-hybridized carbons (Fsp3) is 0.529. The maximum absolute atomic E-state index is 12.7. The van der Waals surface area contributed by atoms with Crippen LogP contribution in [-0.2, 0) is 11.3 Å². The summed E-state index contributed by atoms with van der Waals surface area (Å²) in [6.07, 6.45) is 3.46. The zero-order valence-corrected chi connectivity index (χ0v) is 14.7. The van der Waals surface area contributed by atoms with Crippen molar-refractivity contribution in [1.82, 2.24) is 19.4 Å². The molecule has 0 aliphatic carbocycles. The Kier molecular flexibility index (Phi) is 5.54. The normalized spacial score (nSPS) is 11.4. The Hall–Kier alpha value is -2.44. The van der Waals surface area contributed by atoms with Crippen LogP contribution in [0.5, 0.6) is 0 Å². The summed E-state index contributed by atoms with van der Waals surface area (Å²) in [4.78, 5) is 34.1. The van der Waals surface area contributed by atoms with Crippen molar-refractivity contribution in [3.05, 3.63) is 24.2 Å². The summed E-state index contributed by atoms with van der Waals surface area (Å²) in [5, 5.41) is 0. The maximum Gasteiger partial charge on any atom is 0.255 e. The number of nitrogens with two attached hydrogens (primary N) is 1. The highest BCUT2D eigenvalue weighted by atomic mass is 16.2. The number of primary amides is 1. The zero-order valence-electron chi connectivity index (χ0n) is 14.7. The lowest BCUT2D eigenvalue weighted by Crippen LogP contribution is -2.39. The van der Waals surface area contributed by atoms with Gasteiger partial charge in [-0.05, 0) is 25.8 Å². The minimum absolute atomic E-state index is 0.0361. The predicted octanol–water partition coefficient (Wildman–Crippen LogP) is 1.81. The number of amides is 2. The monoisotopic (exact) mass is 331 g/mol. The van der Waals surface area contributed by atoms with Gasteiger partial charge < -0.3 is 15.2 Å². The molecule has 24 heavy (non-hydrogen) atoms. The van der Waals surface area contributed by atoms with Gasteiger partial charge in [-0.1, -0.05) is 13.8 Å². The van der Waals surface area contributed by atoms with Gasteiger partial charge >= 0.3 is 0 Å². The van der Waals surface area contributed by atoms with Crippen LogP contribution in [0.2, 0.25) is 0 Å². The van der Waals surface area contributed by atoms with E-state index in [2.05, 4.69) is 23.8 Å². The Bertz CT molecular complexity index is 736. The molecule has 0 aliphatic heterocycles. The number of aromatic nitrogens is 3. The summed E-state index contributed by atoms with van der Waals surface area (Å²) in [6.45, 7) is 9.19. The van der Waals surface area contributed by atoms with Crippen LogP contribution < -0.4 is 5.73 Å². The highest BCUT2D eigenvalue weighted by molar-refractivity contribution is 5.96. The Balaban J connectivity index is 2.26. The second-order valence-corrected chi connectivity index (χ2v) is 6.67. The van der Waals surface area contributed by atoms with Gasteiger partial charge in [0.25, 0.3) is 5.91 Å². The largest absolute Gasteiger partial charge is 0.370 e. The van der Waals surface area contributed by atoms with E-state index in [1.807, 2.05) is 18.4 Å². The van der Waals surface area contributed by atoms with E-state index in [0.717, 1.165) is 12.2 Å². The summed E-state index contributed by atoms with van der Waals surface area (Å²) >= 11 is 0. The fourth-order valence-corrected chi connectivity index (χ4v) is 2.58. The molecule has 7 nitrogen and oxygen atoms in total. The van der Waals surface area contributed by atoms with E-state index in [-0.39, 0.29) is 18.4 Å². The first-order chi connectivity index (χ1) is 11.3. The fourth-order valence-electron chi connectivity index (χ4n) is 2.58. The van der Waals surface area contributed by atoms with Gasteiger partial charge in [0.15, 0.2) is 5.65 Å². The summed E-state index contributed by atoms with van der Waals surface area (Å²) in [5.41, 5.74) is 7.13. The van der Waals surface area contributed by atoms with Crippen LogP contribution in [0.15, 0.2) is 18.6 Å². The van der Waals surface area contributed by atoms with Crippen molar-refractivity contribution in [2.75, 3.05) is 6.54 Å². The average Bonchev–Trinajstić information content (AvgIpc) is 2.88. The van der Waals surface area contributed by atoms with Crippen molar-refractivity contribution in [1.29, 1.82) is 0 Å². The van der Waals surface area contributed by atoms with Crippen LogP contribution in [0.1, 0.15) is 44.5 Å². The van der Waals surface area contributed by atoms with E-state index in [1.165, 1.54) is 0 Å². The van der Waals surface area contributed by atoms with Gasteiger partial charge in [0.05, 0.1) is 11.9 Å². The molecule has 0 radical (unpaired) electrons. The third-order valence-electron chi connectivity index (χ3n) is 3.75. The Morgan fingerprint density at radius 2 is 1.96 bits per heavy atom. The van der Waals surface area contributed by atoms with Crippen LogP contribution in [0.25, 0.3) is 11.2 Å². The molecule has 7 heteroatoms. The molecule has 0 saturated heterocycles. The Morgan fingerprint density at radius 1 is 1.25 bits per heavy atom. The summed E-state index contributed by atoms with van der Waals surface area (Å²) in [6, 6.07) is 1.72. The number of carbonyl (C=O) groups excluding carboxylic acids is 2. The second-order valence-electron chi connectivity index (χ2n) is 6.67. The molecular formula is C17H25N5O2. The Morgan fingerprint density at radius 3 is 2.54 bits per heavy atom. The summed E-state index contributed by atoms with van der Waals surface area (Å²) < 4.78 is 1.99. The van der Waals surface area contributed by atoms with Crippen molar-refractivity contribution < 1.29 is 9.59 Å². The van der Waals surface area contributed by atoms with Crippen LogP contribution >= 0.6 is 0 Å². The predicted molar refractivity (Wildman–Crippen MR) is 92.3 cm³/mol. The van der Waals surface area contributed by atoms with Crippen molar-refractivity contribution in [2.24, 2.45) is 11.7 Å². The van der Waals surface area contributed by atoms with E-state index < -0.39 is 5.91 Å². The summed E-state index contributed by atoms with van der Waals surface area (Å²) in [7, 11) is 0. The first kappa shape index (κ1) is 17.9. The number of nitrogens with zero attached hydrogens (tertiary/aromatic N) is 4. The first-order valence-corrected chi connectivity index (χ1v) is 8.19. The molecule has 2 N–H and O–H groups in total. The third kappa shape index (κ3) is 4.10. The lowest BCUT2D eigenvalue weighted by atomic mass is 10.2. The first-order valence-electron chi connectivity index (χ1n) is 8.19. The lowest BCUT2D eigenvalue weighted by molar-refractivity contribution is -0.118. The van der Waals surface area contributed by atoms with Gasteiger partial charge in [0.2, 0.25) is 5.91 Å². The van der Waals surface area contributed by atoms with Crippen LogP contribution in [0.4, 0.5) is 0 Å². The highest BCUT2D eigenvalue weighted by Gasteiger charge is 2.20. The van der Waals surface area contributed by atoms with E-state index in [4.69, 9.17) is 5.73 Å². The SMILES string of the molecule is CC(C)Cn1cnc2cc(C(=O)N(CCC(N)=O)C(C)C)cnc21. The molecule has 0 aromatic carbocycles. The molecule has 2 heterocycles. The van der Waals surface area contributed by atoms with Gasteiger partial charge in [-0.15, -0.1) is 0 Å². The van der Waals surface area contributed by atoms with Crippen LogP contribution in [0.3, 0.4) is 0 Å². The second kappa shape index (κ2) is 7.42. The maximum atomic E-state index is 12.7. The quantitative estimate of drug-likeness (QED) is 0.837. The molecule has 0 spiro atoms. The molecular weight excluding hydrogens is 306 g/mol.